The van der Waals surface area contributed by atoms with E-state index < -0.39 is 5.97 Å². The zero-order valence-electron chi connectivity index (χ0n) is 12.2. The van der Waals surface area contributed by atoms with Crippen LogP contribution >= 0.6 is 0 Å². The van der Waals surface area contributed by atoms with E-state index in [1.807, 2.05) is 6.92 Å². The quantitative estimate of drug-likeness (QED) is 0.642. The van der Waals surface area contributed by atoms with E-state index in [4.69, 9.17) is 5.11 Å². The summed E-state index contributed by atoms with van der Waals surface area (Å²) in [5, 5.41) is 8.87. The fourth-order valence-corrected chi connectivity index (χ4v) is 2.48. The smallest absolute Gasteiger partial charge is 0.306 e. The van der Waals surface area contributed by atoms with Gasteiger partial charge in [-0.1, -0.05) is 53.9 Å². The molecule has 1 N–H and O–H groups in total. The lowest BCUT2D eigenvalue weighted by molar-refractivity contribution is -0.141. The molecule has 3 atom stereocenters. The van der Waals surface area contributed by atoms with Crippen LogP contribution in [0.15, 0.2) is 0 Å². The Bertz CT molecular complexity index is 211. The predicted octanol–water partition coefficient (Wildman–Crippen LogP) is 4.59. The minimum atomic E-state index is -0.663. The molecular weight excluding hydrogens is 212 g/mol. The first kappa shape index (κ1) is 16.5. The lowest BCUT2D eigenvalue weighted by atomic mass is 9.87. The van der Waals surface area contributed by atoms with E-state index in [9.17, 15) is 4.79 Å². The highest BCUT2D eigenvalue weighted by atomic mass is 16.4. The van der Waals surface area contributed by atoms with Gasteiger partial charge in [-0.2, -0.15) is 0 Å². The molecule has 0 rings (SSSR count). The van der Waals surface area contributed by atoms with Crippen LogP contribution in [0.3, 0.4) is 0 Å². The Morgan fingerprint density at radius 3 is 2.00 bits per heavy atom. The minimum Gasteiger partial charge on any atom is -0.481 e. The Labute approximate surface area is 107 Å². The average molecular weight is 242 g/mol. The van der Waals surface area contributed by atoms with Crippen LogP contribution in [0.1, 0.15) is 66.7 Å². The lowest BCUT2D eigenvalue weighted by Crippen LogP contribution is -2.14. The molecule has 0 aliphatic rings. The van der Waals surface area contributed by atoms with E-state index in [-0.39, 0.29) is 5.92 Å². The molecule has 102 valence electrons. The molecule has 0 aliphatic carbocycles. The molecule has 2 nitrogen and oxygen atoms in total. The zero-order valence-corrected chi connectivity index (χ0v) is 12.2. The number of carbonyl (C=O) groups is 1. The van der Waals surface area contributed by atoms with Crippen molar-refractivity contribution in [1.82, 2.24) is 0 Å². The molecule has 0 saturated carbocycles. The number of carboxylic acids is 1. The topological polar surface area (TPSA) is 37.3 Å². The van der Waals surface area contributed by atoms with Crippen molar-refractivity contribution in [3.63, 3.8) is 0 Å². The van der Waals surface area contributed by atoms with Crippen molar-refractivity contribution in [1.29, 1.82) is 0 Å². The van der Waals surface area contributed by atoms with Crippen LogP contribution in [0.25, 0.3) is 0 Å². The molecule has 17 heavy (non-hydrogen) atoms. The highest BCUT2D eigenvalue weighted by Gasteiger charge is 2.16. The molecule has 0 saturated heterocycles. The summed E-state index contributed by atoms with van der Waals surface area (Å²) in [6, 6.07) is 0. The molecule has 0 bridgehead atoms. The Morgan fingerprint density at radius 1 is 0.941 bits per heavy atom. The second kappa shape index (κ2) is 8.54. The van der Waals surface area contributed by atoms with Crippen LogP contribution in [0.4, 0.5) is 0 Å². The normalized spacial score (nSPS) is 16.8. The molecule has 0 aromatic heterocycles. The fraction of sp³-hybridized carbons (Fsp3) is 0.933. The van der Waals surface area contributed by atoms with Crippen molar-refractivity contribution >= 4 is 5.97 Å². The van der Waals surface area contributed by atoms with E-state index >= 15 is 0 Å². The molecule has 0 spiro atoms. The Morgan fingerprint density at radius 2 is 1.53 bits per heavy atom. The van der Waals surface area contributed by atoms with Gasteiger partial charge >= 0.3 is 5.97 Å². The van der Waals surface area contributed by atoms with Crippen molar-refractivity contribution < 1.29 is 9.90 Å². The number of hydrogen-bond acceptors (Lipinski definition) is 1. The third-order valence-corrected chi connectivity index (χ3v) is 3.46. The summed E-state index contributed by atoms with van der Waals surface area (Å²) < 4.78 is 0. The fourth-order valence-electron chi connectivity index (χ4n) is 2.48. The summed E-state index contributed by atoms with van der Waals surface area (Å²) in [5.41, 5.74) is 0. The molecule has 0 amide bonds. The first-order valence-corrected chi connectivity index (χ1v) is 7.05. The summed E-state index contributed by atoms with van der Waals surface area (Å²) >= 11 is 0. The number of rotatable bonds is 9. The van der Waals surface area contributed by atoms with E-state index in [0.29, 0.717) is 5.92 Å². The van der Waals surface area contributed by atoms with Crippen molar-refractivity contribution in [3.05, 3.63) is 0 Å². The summed E-state index contributed by atoms with van der Waals surface area (Å²) in [6.07, 6.45) is 5.87. The third kappa shape index (κ3) is 9.20. The van der Waals surface area contributed by atoms with Gasteiger partial charge in [0.25, 0.3) is 0 Å². The maximum Gasteiger partial charge on any atom is 0.306 e. The van der Waals surface area contributed by atoms with Gasteiger partial charge in [-0.15, -0.1) is 0 Å². The minimum absolute atomic E-state index is 0.201. The van der Waals surface area contributed by atoms with Crippen LogP contribution in [0, 0.1) is 23.7 Å². The van der Waals surface area contributed by atoms with Gasteiger partial charge in [-0.3, -0.25) is 4.79 Å². The van der Waals surface area contributed by atoms with Gasteiger partial charge < -0.3 is 5.11 Å². The first-order valence-electron chi connectivity index (χ1n) is 7.05. The van der Waals surface area contributed by atoms with Crippen LogP contribution < -0.4 is 0 Å². The van der Waals surface area contributed by atoms with Crippen molar-refractivity contribution in [2.24, 2.45) is 23.7 Å². The molecule has 0 aromatic carbocycles. The third-order valence-electron chi connectivity index (χ3n) is 3.46. The van der Waals surface area contributed by atoms with Crippen LogP contribution in [-0.4, -0.2) is 11.1 Å². The maximum absolute atomic E-state index is 10.8. The number of carboxylic acid groups (broad SMARTS) is 1. The summed E-state index contributed by atoms with van der Waals surface area (Å²) in [5.74, 6) is 1.18. The Kier molecular flexibility index (Phi) is 8.28. The summed E-state index contributed by atoms with van der Waals surface area (Å²) in [4.78, 5) is 10.8. The predicted molar refractivity (Wildman–Crippen MR) is 73.1 cm³/mol. The number of hydrogen-bond donors (Lipinski definition) is 1. The van der Waals surface area contributed by atoms with Gasteiger partial charge in [0.2, 0.25) is 0 Å². The van der Waals surface area contributed by atoms with Gasteiger partial charge in [-0.05, 0) is 30.6 Å². The lowest BCUT2D eigenvalue weighted by Gasteiger charge is -2.19. The van der Waals surface area contributed by atoms with E-state index in [2.05, 4.69) is 27.7 Å². The Balaban J connectivity index is 3.72. The maximum atomic E-state index is 10.8. The molecule has 0 radical (unpaired) electrons. The standard InChI is InChI=1S/C15H30O2/c1-11(2)7-6-8-12(3)9-13(4)10-14(5)15(16)17/h11-14H,6-10H2,1-5H3,(H,16,17). The van der Waals surface area contributed by atoms with Gasteiger partial charge in [0.05, 0.1) is 5.92 Å². The molecule has 0 heterocycles. The van der Waals surface area contributed by atoms with E-state index in [0.717, 1.165) is 24.7 Å². The second-order valence-electron chi connectivity index (χ2n) is 6.25. The van der Waals surface area contributed by atoms with E-state index in [1.165, 1.54) is 19.3 Å². The van der Waals surface area contributed by atoms with Gasteiger partial charge in [0, 0.05) is 0 Å². The van der Waals surface area contributed by atoms with Gasteiger partial charge in [0.15, 0.2) is 0 Å². The Hall–Kier alpha value is -0.530. The molecular formula is C15H30O2. The molecule has 3 unspecified atom stereocenters. The highest BCUT2D eigenvalue weighted by molar-refractivity contribution is 5.69. The molecule has 0 aliphatic heterocycles. The number of aliphatic carboxylic acids is 1. The van der Waals surface area contributed by atoms with Gasteiger partial charge in [-0.25, -0.2) is 0 Å². The van der Waals surface area contributed by atoms with Gasteiger partial charge in [0.1, 0.15) is 0 Å². The second-order valence-corrected chi connectivity index (χ2v) is 6.25. The van der Waals surface area contributed by atoms with Crippen molar-refractivity contribution in [3.8, 4) is 0 Å². The largest absolute Gasteiger partial charge is 0.481 e. The van der Waals surface area contributed by atoms with Crippen LogP contribution in [0.5, 0.6) is 0 Å². The first-order chi connectivity index (χ1) is 7.82. The van der Waals surface area contributed by atoms with Crippen molar-refractivity contribution in [2.45, 2.75) is 66.7 Å². The molecule has 0 aromatic rings. The van der Waals surface area contributed by atoms with E-state index in [1.54, 1.807) is 0 Å². The average Bonchev–Trinajstić information content (AvgIpc) is 2.16. The summed E-state index contributed by atoms with van der Waals surface area (Å²) in [7, 11) is 0. The highest BCUT2D eigenvalue weighted by Crippen LogP contribution is 2.23. The zero-order chi connectivity index (χ0) is 13.4. The summed E-state index contributed by atoms with van der Waals surface area (Å²) in [6.45, 7) is 10.8. The van der Waals surface area contributed by atoms with Crippen LogP contribution in [0.2, 0.25) is 0 Å². The van der Waals surface area contributed by atoms with Crippen molar-refractivity contribution in [2.75, 3.05) is 0 Å². The monoisotopic (exact) mass is 242 g/mol. The van der Waals surface area contributed by atoms with Crippen LogP contribution in [-0.2, 0) is 4.79 Å². The SMILES string of the molecule is CC(C)CCCC(C)CC(C)CC(C)C(=O)O. The molecule has 2 heteroatoms. The molecule has 0 fully saturated rings.